The number of nitrogens with zero attached hydrogens (tertiary/aromatic N) is 4. The summed E-state index contributed by atoms with van der Waals surface area (Å²) in [5, 5.41) is 11.2. The molecule has 0 aliphatic heterocycles. The van der Waals surface area contributed by atoms with Crippen molar-refractivity contribution >= 4 is 21.9 Å². The Hall–Kier alpha value is -3.46. The fourth-order valence-corrected chi connectivity index (χ4v) is 3.42. The molecule has 3 heterocycles. The molecule has 156 valence electrons. The summed E-state index contributed by atoms with van der Waals surface area (Å²) in [6, 6.07) is 4.51. The van der Waals surface area contributed by atoms with Crippen molar-refractivity contribution in [3.63, 3.8) is 0 Å². The molecule has 0 aliphatic rings. The van der Waals surface area contributed by atoms with E-state index in [1.54, 1.807) is 19.2 Å². The Morgan fingerprint density at radius 3 is 2.77 bits per heavy atom. The summed E-state index contributed by atoms with van der Waals surface area (Å²) in [6.07, 6.45) is 3.78. The third-order valence-corrected chi connectivity index (χ3v) is 4.99. The van der Waals surface area contributed by atoms with Crippen LogP contribution < -0.4 is 10.4 Å². The van der Waals surface area contributed by atoms with E-state index in [1.165, 1.54) is 23.0 Å². The third kappa shape index (κ3) is 3.48. The van der Waals surface area contributed by atoms with Gasteiger partial charge >= 0.3 is 5.69 Å². The Morgan fingerprint density at radius 2 is 2.07 bits per heavy atom. The number of aromatic nitrogens is 4. The summed E-state index contributed by atoms with van der Waals surface area (Å²) in [6.45, 7) is 1.42. The van der Waals surface area contributed by atoms with Gasteiger partial charge in [-0.15, -0.1) is 0 Å². The summed E-state index contributed by atoms with van der Waals surface area (Å²) >= 11 is 0. The van der Waals surface area contributed by atoms with E-state index in [4.69, 9.17) is 4.74 Å². The lowest BCUT2D eigenvalue weighted by atomic mass is 10.0. The van der Waals surface area contributed by atoms with E-state index in [1.807, 2.05) is 14.1 Å². The predicted octanol–water partition coefficient (Wildman–Crippen LogP) is 2.65. The Labute approximate surface area is 171 Å². The van der Waals surface area contributed by atoms with Gasteiger partial charge < -0.3 is 19.7 Å². The minimum atomic E-state index is -0.633. The maximum atomic E-state index is 14.8. The van der Waals surface area contributed by atoms with E-state index >= 15 is 0 Å². The molecule has 30 heavy (non-hydrogen) atoms. The summed E-state index contributed by atoms with van der Waals surface area (Å²) in [5.74, 6) is -0.507. The lowest BCUT2D eigenvalue weighted by Crippen LogP contribution is -2.15. The minimum Gasteiger partial charge on any atom is -0.506 e. The molecule has 2 N–H and O–H groups in total. The maximum absolute atomic E-state index is 14.8. The first-order valence-corrected chi connectivity index (χ1v) is 9.49. The van der Waals surface area contributed by atoms with Crippen LogP contribution in [0.1, 0.15) is 6.42 Å². The largest absolute Gasteiger partial charge is 0.506 e. The number of halogens is 1. The molecule has 0 bridgehead atoms. The molecule has 0 radical (unpaired) electrons. The fourth-order valence-electron chi connectivity index (χ4n) is 3.42. The van der Waals surface area contributed by atoms with E-state index < -0.39 is 5.82 Å². The zero-order chi connectivity index (χ0) is 21.4. The molecular weight excluding hydrogens is 389 g/mol. The number of benzene rings is 1. The van der Waals surface area contributed by atoms with Gasteiger partial charge in [-0.3, -0.25) is 9.55 Å². The number of phenolic OH excluding ortho intramolecular Hbond substituents is 1. The molecule has 0 saturated heterocycles. The van der Waals surface area contributed by atoms with Crippen LogP contribution in [0, 0.1) is 5.82 Å². The van der Waals surface area contributed by atoms with Crippen molar-refractivity contribution in [2.24, 2.45) is 7.05 Å². The van der Waals surface area contributed by atoms with Gasteiger partial charge in [0.05, 0.1) is 40.3 Å². The van der Waals surface area contributed by atoms with Crippen LogP contribution in [0.15, 0.2) is 35.4 Å². The zero-order valence-corrected chi connectivity index (χ0v) is 16.9. The van der Waals surface area contributed by atoms with Crippen LogP contribution in [0.2, 0.25) is 0 Å². The molecule has 1 aromatic carbocycles. The maximum Gasteiger partial charge on any atom is 0.326 e. The number of imidazole rings is 1. The molecule has 3 aromatic heterocycles. The number of rotatable bonds is 6. The van der Waals surface area contributed by atoms with E-state index in [-0.39, 0.29) is 27.9 Å². The number of fused-ring (bicyclic) bond motifs is 3. The number of aromatic amines is 1. The number of H-pyrrole nitrogens is 1. The molecule has 0 spiro atoms. The van der Waals surface area contributed by atoms with Crippen molar-refractivity contribution in [3.8, 4) is 22.8 Å². The second-order valence-corrected chi connectivity index (χ2v) is 7.37. The summed E-state index contributed by atoms with van der Waals surface area (Å²) in [5.41, 5.74) is 1.20. The highest BCUT2D eigenvalue weighted by molar-refractivity contribution is 6.08. The van der Waals surface area contributed by atoms with Gasteiger partial charge in [0.1, 0.15) is 11.6 Å². The number of hydrogen-bond donors (Lipinski definition) is 2. The number of pyridine rings is 2. The summed E-state index contributed by atoms with van der Waals surface area (Å²) in [7, 11) is 5.58. The minimum absolute atomic E-state index is 0.00633. The van der Waals surface area contributed by atoms with Gasteiger partial charge in [-0.2, -0.15) is 0 Å². The van der Waals surface area contributed by atoms with E-state index in [0.717, 1.165) is 13.0 Å². The second kappa shape index (κ2) is 7.75. The van der Waals surface area contributed by atoms with Gasteiger partial charge in [-0.25, -0.2) is 14.2 Å². The summed E-state index contributed by atoms with van der Waals surface area (Å²) in [4.78, 5) is 25.2. The molecule has 0 aliphatic carbocycles. The van der Waals surface area contributed by atoms with Crippen LogP contribution in [-0.2, 0) is 7.05 Å². The van der Waals surface area contributed by atoms with E-state index in [2.05, 4.69) is 19.9 Å². The zero-order valence-electron chi connectivity index (χ0n) is 16.9. The Bertz CT molecular complexity index is 1280. The van der Waals surface area contributed by atoms with Gasteiger partial charge in [0.25, 0.3) is 0 Å². The molecule has 0 amide bonds. The van der Waals surface area contributed by atoms with Crippen LogP contribution >= 0.6 is 0 Å². The van der Waals surface area contributed by atoms with Crippen molar-refractivity contribution < 1.29 is 14.2 Å². The average Bonchev–Trinajstić information content (AvgIpc) is 2.99. The second-order valence-electron chi connectivity index (χ2n) is 7.37. The first-order valence-electron chi connectivity index (χ1n) is 9.49. The highest BCUT2D eigenvalue weighted by atomic mass is 19.1. The first-order chi connectivity index (χ1) is 14.4. The van der Waals surface area contributed by atoms with Crippen molar-refractivity contribution in [1.29, 1.82) is 0 Å². The summed E-state index contributed by atoms with van der Waals surface area (Å²) < 4.78 is 21.8. The smallest absolute Gasteiger partial charge is 0.326 e. The van der Waals surface area contributed by atoms with Gasteiger partial charge in [0.2, 0.25) is 5.88 Å². The van der Waals surface area contributed by atoms with E-state index in [0.29, 0.717) is 29.1 Å². The molecule has 8 nitrogen and oxygen atoms in total. The molecule has 0 fully saturated rings. The Kier molecular flexibility index (Phi) is 5.13. The molecular formula is C21H22FN5O3. The van der Waals surface area contributed by atoms with Crippen LogP contribution in [0.3, 0.4) is 0 Å². The van der Waals surface area contributed by atoms with E-state index in [9.17, 15) is 14.3 Å². The quantitative estimate of drug-likeness (QED) is 0.474. The molecule has 4 rings (SSSR count). The number of aryl methyl sites for hydroxylation is 1. The van der Waals surface area contributed by atoms with Crippen LogP contribution in [0.5, 0.6) is 11.6 Å². The average molecular weight is 411 g/mol. The SMILES string of the molecule is CN(C)CCCOc1ccc(-c2c(F)cc3ncc4c([nH]c(=O)n4C)c3c2O)cn1. The topological polar surface area (TPSA) is 96.3 Å². The standard InChI is InChI=1S/C21H22FN5O3/c1-26(2)7-4-8-30-16-6-5-12(10-24-16)17-13(22)9-14-18(20(17)28)19-15(11-23-14)27(3)21(29)25-19/h5-6,9-11,28H,4,7-8H2,1-3H3,(H,25,29). The van der Waals surface area contributed by atoms with Crippen LogP contribution in [0.25, 0.3) is 33.1 Å². The lowest BCUT2D eigenvalue weighted by molar-refractivity contribution is 0.273. The van der Waals surface area contributed by atoms with Gasteiger partial charge in [-0.05, 0) is 26.6 Å². The van der Waals surface area contributed by atoms with Crippen molar-refractivity contribution in [1.82, 2.24) is 24.4 Å². The number of nitrogens with one attached hydrogen (secondary N) is 1. The van der Waals surface area contributed by atoms with Crippen LogP contribution in [0.4, 0.5) is 4.39 Å². The fraction of sp³-hybridized carbons (Fsp3) is 0.286. The molecule has 9 heteroatoms. The number of ether oxygens (including phenoxy) is 1. The highest BCUT2D eigenvalue weighted by Gasteiger charge is 2.20. The Morgan fingerprint density at radius 1 is 1.27 bits per heavy atom. The van der Waals surface area contributed by atoms with Crippen LogP contribution in [-0.4, -0.2) is 56.8 Å². The third-order valence-electron chi connectivity index (χ3n) is 4.99. The molecule has 4 aromatic rings. The molecule has 0 unspecified atom stereocenters. The van der Waals surface area contributed by atoms with Gasteiger partial charge in [0, 0.05) is 37.5 Å². The molecule has 0 saturated carbocycles. The lowest BCUT2D eigenvalue weighted by Gasteiger charge is -2.12. The van der Waals surface area contributed by atoms with Gasteiger partial charge in [-0.1, -0.05) is 0 Å². The number of aromatic hydroxyl groups is 1. The van der Waals surface area contributed by atoms with Crippen molar-refractivity contribution in [3.05, 3.63) is 46.9 Å². The Balaban J connectivity index is 1.72. The van der Waals surface area contributed by atoms with Crippen molar-refractivity contribution in [2.75, 3.05) is 27.2 Å². The normalized spacial score (nSPS) is 11.6. The van der Waals surface area contributed by atoms with Crippen molar-refractivity contribution in [2.45, 2.75) is 6.42 Å². The number of phenols is 1. The predicted molar refractivity (Wildman–Crippen MR) is 112 cm³/mol. The van der Waals surface area contributed by atoms with Gasteiger partial charge in [0.15, 0.2) is 0 Å². The number of hydrogen-bond acceptors (Lipinski definition) is 6. The first kappa shape index (κ1) is 19.8. The monoisotopic (exact) mass is 411 g/mol. The molecule has 0 atom stereocenters. The highest BCUT2D eigenvalue weighted by Crippen LogP contribution is 2.40.